The van der Waals surface area contributed by atoms with Crippen LogP contribution in [0.3, 0.4) is 0 Å². The van der Waals surface area contributed by atoms with Crippen molar-refractivity contribution >= 4 is 5.91 Å². The summed E-state index contributed by atoms with van der Waals surface area (Å²) in [6.07, 6.45) is 4.26. The number of carbonyl (C=O) groups excluding carboxylic acids is 1. The Morgan fingerprint density at radius 2 is 1.91 bits per heavy atom. The highest BCUT2D eigenvalue weighted by Crippen LogP contribution is 2.37. The van der Waals surface area contributed by atoms with Gasteiger partial charge < -0.3 is 5.73 Å². The Morgan fingerprint density at radius 1 is 1.45 bits per heavy atom. The Kier molecular flexibility index (Phi) is 2.21. The van der Waals surface area contributed by atoms with Crippen molar-refractivity contribution in [2.45, 2.75) is 39.5 Å². The molecule has 0 atom stereocenters. The summed E-state index contributed by atoms with van der Waals surface area (Å²) < 4.78 is 0. The molecule has 0 radical (unpaired) electrons. The van der Waals surface area contributed by atoms with Crippen LogP contribution in [0.1, 0.15) is 39.5 Å². The Hall–Kier alpha value is -0.530. The van der Waals surface area contributed by atoms with Crippen molar-refractivity contribution in [1.29, 1.82) is 0 Å². The number of primary amides is 1. The summed E-state index contributed by atoms with van der Waals surface area (Å²) in [4.78, 5) is 11.0. The molecule has 1 aliphatic carbocycles. The van der Waals surface area contributed by atoms with E-state index in [9.17, 15) is 4.79 Å². The summed E-state index contributed by atoms with van der Waals surface area (Å²) in [5.41, 5.74) is 5.11. The smallest absolute Gasteiger partial charge is 0.223 e. The fourth-order valence-electron chi connectivity index (χ4n) is 1.65. The largest absolute Gasteiger partial charge is 0.369 e. The zero-order valence-corrected chi connectivity index (χ0v) is 7.39. The first-order valence-corrected chi connectivity index (χ1v) is 4.34. The molecule has 0 aromatic carbocycles. The molecule has 64 valence electrons. The molecule has 0 unspecified atom stereocenters. The fourth-order valence-corrected chi connectivity index (χ4v) is 1.65. The minimum Gasteiger partial charge on any atom is -0.369 e. The predicted molar refractivity (Wildman–Crippen MR) is 44.9 cm³/mol. The molecule has 2 N–H and O–H groups in total. The number of nitrogens with two attached hydrogens (primary N) is 1. The van der Waals surface area contributed by atoms with Gasteiger partial charge in [0.25, 0.3) is 0 Å². The number of carbonyl (C=O) groups is 1. The van der Waals surface area contributed by atoms with Crippen LogP contribution in [0.25, 0.3) is 0 Å². The molecule has 1 fully saturated rings. The summed E-state index contributed by atoms with van der Waals surface area (Å²) in [6, 6.07) is 0. The maximum atomic E-state index is 11.0. The van der Waals surface area contributed by atoms with Crippen LogP contribution < -0.4 is 5.73 Å². The van der Waals surface area contributed by atoms with E-state index in [1.165, 1.54) is 0 Å². The maximum absolute atomic E-state index is 11.0. The highest BCUT2D eigenvalue weighted by Gasteiger charge is 2.34. The van der Waals surface area contributed by atoms with Gasteiger partial charge in [-0.25, -0.2) is 0 Å². The highest BCUT2D eigenvalue weighted by atomic mass is 16.1. The van der Waals surface area contributed by atoms with Crippen LogP contribution in [-0.4, -0.2) is 5.91 Å². The molecule has 2 heteroatoms. The van der Waals surface area contributed by atoms with Crippen molar-refractivity contribution in [1.82, 2.24) is 0 Å². The molecule has 0 bridgehead atoms. The lowest BCUT2D eigenvalue weighted by Gasteiger charge is -2.33. The second-order valence-corrected chi connectivity index (χ2v) is 4.11. The molecule has 0 aromatic rings. The minimum atomic E-state index is -0.202. The second kappa shape index (κ2) is 2.84. The average Bonchev–Trinajstić information content (AvgIpc) is 1.95. The zero-order valence-electron chi connectivity index (χ0n) is 7.39. The Bertz CT molecular complexity index is 157. The molecule has 0 aliphatic heterocycles. The van der Waals surface area contributed by atoms with E-state index in [0.29, 0.717) is 0 Å². The molecule has 1 amide bonds. The molecule has 1 aliphatic rings. The van der Waals surface area contributed by atoms with E-state index in [4.69, 9.17) is 5.73 Å². The van der Waals surface area contributed by atoms with E-state index in [-0.39, 0.29) is 11.3 Å². The lowest BCUT2D eigenvalue weighted by molar-refractivity contribution is -0.128. The predicted octanol–water partition coefficient (Wildman–Crippen LogP) is 1.69. The van der Waals surface area contributed by atoms with E-state index >= 15 is 0 Å². The first-order valence-electron chi connectivity index (χ1n) is 4.34. The lowest BCUT2D eigenvalue weighted by atomic mass is 9.72. The molecule has 0 saturated heterocycles. The van der Waals surface area contributed by atoms with Crippen molar-refractivity contribution in [3.05, 3.63) is 0 Å². The molecule has 0 aromatic heterocycles. The van der Waals surface area contributed by atoms with Gasteiger partial charge in [0.15, 0.2) is 0 Å². The SMILES string of the molecule is CC1CCC(C)(C(N)=O)CC1. The Morgan fingerprint density at radius 3 is 2.27 bits per heavy atom. The summed E-state index contributed by atoms with van der Waals surface area (Å²) in [7, 11) is 0. The van der Waals surface area contributed by atoms with Crippen molar-refractivity contribution in [2.75, 3.05) is 0 Å². The number of rotatable bonds is 1. The molecule has 11 heavy (non-hydrogen) atoms. The normalized spacial score (nSPS) is 38.5. The first-order chi connectivity index (χ1) is 5.04. The third-order valence-electron chi connectivity index (χ3n) is 2.97. The van der Waals surface area contributed by atoms with Gasteiger partial charge in [-0.15, -0.1) is 0 Å². The summed E-state index contributed by atoms with van der Waals surface area (Å²) in [6.45, 7) is 4.22. The average molecular weight is 155 g/mol. The van der Waals surface area contributed by atoms with Crippen molar-refractivity contribution in [3.8, 4) is 0 Å². The summed E-state index contributed by atoms with van der Waals surface area (Å²) in [5, 5.41) is 0. The first kappa shape index (κ1) is 8.57. The van der Waals surface area contributed by atoms with Gasteiger partial charge in [-0.05, 0) is 31.6 Å². The van der Waals surface area contributed by atoms with Gasteiger partial charge in [0.1, 0.15) is 0 Å². The minimum absolute atomic E-state index is 0.121. The highest BCUT2D eigenvalue weighted by molar-refractivity contribution is 5.80. The summed E-state index contributed by atoms with van der Waals surface area (Å²) >= 11 is 0. The number of hydrogen-bond acceptors (Lipinski definition) is 1. The van der Waals surface area contributed by atoms with Crippen LogP contribution in [-0.2, 0) is 4.79 Å². The van der Waals surface area contributed by atoms with Gasteiger partial charge in [0, 0.05) is 5.41 Å². The Labute approximate surface area is 68.2 Å². The van der Waals surface area contributed by atoms with Crippen LogP contribution in [0.2, 0.25) is 0 Å². The molecule has 1 rings (SSSR count). The van der Waals surface area contributed by atoms with Crippen molar-refractivity contribution < 1.29 is 4.79 Å². The van der Waals surface area contributed by atoms with Gasteiger partial charge in [0.05, 0.1) is 0 Å². The van der Waals surface area contributed by atoms with Crippen molar-refractivity contribution in [3.63, 3.8) is 0 Å². The maximum Gasteiger partial charge on any atom is 0.223 e. The van der Waals surface area contributed by atoms with Gasteiger partial charge in [0.2, 0.25) is 5.91 Å². The van der Waals surface area contributed by atoms with E-state index in [0.717, 1.165) is 31.6 Å². The van der Waals surface area contributed by atoms with Crippen LogP contribution >= 0.6 is 0 Å². The second-order valence-electron chi connectivity index (χ2n) is 4.11. The van der Waals surface area contributed by atoms with Gasteiger partial charge in [-0.2, -0.15) is 0 Å². The van der Waals surface area contributed by atoms with Crippen LogP contribution in [0.4, 0.5) is 0 Å². The molecular formula is C9H17NO. The van der Waals surface area contributed by atoms with Crippen LogP contribution in [0, 0.1) is 11.3 Å². The molecule has 1 saturated carbocycles. The lowest BCUT2D eigenvalue weighted by Crippen LogP contribution is -2.37. The third-order valence-corrected chi connectivity index (χ3v) is 2.97. The van der Waals surface area contributed by atoms with E-state index in [2.05, 4.69) is 6.92 Å². The van der Waals surface area contributed by atoms with Gasteiger partial charge in [-0.3, -0.25) is 4.79 Å². The number of hydrogen-bond donors (Lipinski definition) is 1. The van der Waals surface area contributed by atoms with E-state index < -0.39 is 0 Å². The standard InChI is InChI=1S/C9H17NO/c1-7-3-5-9(2,6-4-7)8(10)11/h7H,3-6H2,1-2H3,(H2,10,11). The van der Waals surface area contributed by atoms with Crippen molar-refractivity contribution in [2.24, 2.45) is 17.1 Å². The van der Waals surface area contributed by atoms with Gasteiger partial charge >= 0.3 is 0 Å². The monoisotopic (exact) mass is 155 g/mol. The molecule has 0 spiro atoms. The van der Waals surface area contributed by atoms with Crippen LogP contribution in [0.5, 0.6) is 0 Å². The molecular weight excluding hydrogens is 138 g/mol. The fraction of sp³-hybridized carbons (Fsp3) is 0.889. The zero-order chi connectivity index (χ0) is 8.48. The quantitative estimate of drug-likeness (QED) is 0.615. The topological polar surface area (TPSA) is 43.1 Å². The Balaban J connectivity index is 2.55. The molecule has 2 nitrogen and oxygen atoms in total. The number of amides is 1. The van der Waals surface area contributed by atoms with E-state index in [1.54, 1.807) is 0 Å². The molecule has 0 heterocycles. The van der Waals surface area contributed by atoms with Gasteiger partial charge in [-0.1, -0.05) is 13.8 Å². The third kappa shape index (κ3) is 1.73. The van der Waals surface area contributed by atoms with Crippen LogP contribution in [0.15, 0.2) is 0 Å². The van der Waals surface area contributed by atoms with E-state index in [1.807, 2.05) is 6.92 Å². The summed E-state index contributed by atoms with van der Waals surface area (Å²) in [5.74, 6) is 0.659.